The normalized spacial score (nSPS) is 18.3. The first kappa shape index (κ1) is 24.8. The van der Waals surface area contributed by atoms with Crippen molar-refractivity contribution in [2.45, 2.75) is 44.4 Å². The second kappa shape index (κ2) is 10.5. The van der Waals surface area contributed by atoms with Gasteiger partial charge in [-0.2, -0.15) is 13.2 Å². The van der Waals surface area contributed by atoms with E-state index in [0.717, 1.165) is 29.4 Å². The summed E-state index contributed by atoms with van der Waals surface area (Å²) in [5.74, 6) is 0.103. The van der Waals surface area contributed by atoms with E-state index in [0.29, 0.717) is 36.5 Å². The van der Waals surface area contributed by atoms with Gasteiger partial charge in [0.25, 0.3) is 5.91 Å². The number of alkyl halides is 3. The molecule has 2 amide bonds. The quantitative estimate of drug-likeness (QED) is 0.446. The highest BCUT2D eigenvalue weighted by atomic mass is 35.5. The lowest BCUT2D eigenvalue weighted by atomic mass is 9.85. The number of aromatic amines is 1. The number of H-pyrrole nitrogens is 1. The van der Waals surface area contributed by atoms with Crippen LogP contribution < -0.4 is 15.4 Å². The lowest BCUT2D eigenvalue weighted by molar-refractivity contribution is -0.141. The highest BCUT2D eigenvalue weighted by molar-refractivity contribution is 6.31. The number of nitrogens with one attached hydrogen (secondary N) is 3. The van der Waals surface area contributed by atoms with Gasteiger partial charge in [0.2, 0.25) is 5.91 Å². The van der Waals surface area contributed by atoms with Crippen molar-refractivity contribution in [3.05, 3.63) is 53.1 Å². The van der Waals surface area contributed by atoms with Crippen LogP contribution in [0.2, 0.25) is 5.02 Å². The molecule has 8 nitrogen and oxygen atoms in total. The number of rotatable bonds is 7. The van der Waals surface area contributed by atoms with E-state index in [-0.39, 0.29) is 42.7 Å². The topological polar surface area (TPSA) is 109 Å². The third kappa shape index (κ3) is 6.62. The maximum Gasteiger partial charge on any atom is 0.433 e. The number of amides is 2. The maximum atomic E-state index is 12.6. The van der Waals surface area contributed by atoms with Crippen molar-refractivity contribution in [3.8, 4) is 5.75 Å². The number of hydrogen-bond acceptors (Lipinski definition) is 5. The Morgan fingerprint density at radius 2 is 1.91 bits per heavy atom. The Balaban J connectivity index is 1.16. The van der Waals surface area contributed by atoms with Gasteiger partial charge in [-0.1, -0.05) is 11.6 Å². The molecule has 3 N–H and O–H groups in total. The number of ether oxygens (including phenoxy) is 1. The van der Waals surface area contributed by atoms with Crippen molar-refractivity contribution in [2.24, 2.45) is 5.92 Å². The van der Waals surface area contributed by atoms with Crippen LogP contribution in [0.15, 0.2) is 36.5 Å². The highest BCUT2D eigenvalue weighted by Crippen LogP contribution is 2.28. The number of carbonyl (C=O) groups is 2. The lowest BCUT2D eigenvalue weighted by Crippen LogP contribution is -2.42. The molecule has 186 valence electrons. The Kier molecular flexibility index (Phi) is 7.44. The minimum atomic E-state index is -4.53. The Morgan fingerprint density at radius 3 is 2.60 bits per heavy atom. The molecule has 1 fully saturated rings. The molecule has 0 aliphatic heterocycles. The van der Waals surface area contributed by atoms with Gasteiger partial charge in [0.15, 0.2) is 6.61 Å². The molecule has 0 saturated heterocycles. The van der Waals surface area contributed by atoms with Crippen LogP contribution >= 0.6 is 11.6 Å². The molecule has 0 spiro atoms. The van der Waals surface area contributed by atoms with Crippen LogP contribution in [0.4, 0.5) is 13.2 Å². The van der Waals surface area contributed by atoms with Crippen LogP contribution in [0.1, 0.15) is 37.2 Å². The van der Waals surface area contributed by atoms with Crippen LogP contribution in [0.3, 0.4) is 0 Å². The van der Waals surface area contributed by atoms with Gasteiger partial charge in [0.05, 0.1) is 23.8 Å². The molecule has 2 heterocycles. The molecule has 3 aromatic rings. The van der Waals surface area contributed by atoms with Gasteiger partial charge in [-0.3, -0.25) is 9.59 Å². The van der Waals surface area contributed by atoms with Crippen molar-refractivity contribution >= 4 is 34.4 Å². The summed E-state index contributed by atoms with van der Waals surface area (Å²) in [6, 6.07) is 7.16. The van der Waals surface area contributed by atoms with E-state index >= 15 is 0 Å². The predicted octanol–water partition coefficient (Wildman–Crippen LogP) is 4.00. The average molecular weight is 510 g/mol. The Bertz CT molecular complexity index is 1190. The van der Waals surface area contributed by atoms with Crippen LogP contribution in [0.5, 0.6) is 5.75 Å². The summed E-state index contributed by atoms with van der Waals surface area (Å²) in [4.78, 5) is 35.6. The van der Waals surface area contributed by atoms with Crippen molar-refractivity contribution < 1.29 is 27.5 Å². The first-order valence-electron chi connectivity index (χ1n) is 11.0. The second-order valence-corrected chi connectivity index (χ2v) is 8.78. The predicted molar refractivity (Wildman–Crippen MR) is 122 cm³/mol. The third-order valence-electron chi connectivity index (χ3n) is 5.78. The highest BCUT2D eigenvalue weighted by Gasteiger charge is 2.32. The number of imidazole rings is 1. The summed E-state index contributed by atoms with van der Waals surface area (Å²) < 4.78 is 42.8. The molecule has 35 heavy (non-hydrogen) atoms. The number of benzene rings is 1. The first-order chi connectivity index (χ1) is 16.7. The molecule has 0 unspecified atom stereocenters. The van der Waals surface area contributed by atoms with E-state index in [1.165, 1.54) is 0 Å². The van der Waals surface area contributed by atoms with Crippen LogP contribution in [-0.2, 0) is 22.3 Å². The second-order valence-electron chi connectivity index (χ2n) is 8.34. The van der Waals surface area contributed by atoms with Gasteiger partial charge in [-0.15, -0.1) is 0 Å². The zero-order chi connectivity index (χ0) is 25.0. The van der Waals surface area contributed by atoms with Gasteiger partial charge in [0.1, 0.15) is 17.3 Å². The molecule has 0 atom stereocenters. The maximum absolute atomic E-state index is 12.6. The summed E-state index contributed by atoms with van der Waals surface area (Å²) >= 11 is 5.97. The van der Waals surface area contributed by atoms with Gasteiger partial charge in [-0.25, -0.2) is 9.97 Å². The number of fused-ring (bicyclic) bond motifs is 1. The van der Waals surface area contributed by atoms with Gasteiger partial charge >= 0.3 is 6.18 Å². The Morgan fingerprint density at radius 1 is 1.14 bits per heavy atom. The minimum absolute atomic E-state index is 0.0635. The molecule has 1 aliphatic carbocycles. The zero-order valence-electron chi connectivity index (χ0n) is 18.5. The molecular weight excluding hydrogens is 487 g/mol. The lowest BCUT2D eigenvalue weighted by Gasteiger charge is -2.28. The summed E-state index contributed by atoms with van der Waals surface area (Å²) in [5, 5.41) is 6.33. The van der Waals surface area contributed by atoms with Crippen LogP contribution in [0, 0.1) is 5.92 Å². The monoisotopic (exact) mass is 509 g/mol. The number of carbonyl (C=O) groups excluding carboxylic acids is 2. The summed E-state index contributed by atoms with van der Waals surface area (Å²) in [5.41, 5.74) is 0.544. The molecule has 0 bridgehead atoms. The van der Waals surface area contributed by atoms with Crippen molar-refractivity contribution in [2.75, 3.05) is 6.61 Å². The van der Waals surface area contributed by atoms with E-state index in [9.17, 15) is 22.8 Å². The van der Waals surface area contributed by atoms with E-state index in [2.05, 4.69) is 25.6 Å². The van der Waals surface area contributed by atoms with Gasteiger partial charge < -0.3 is 20.4 Å². The van der Waals surface area contributed by atoms with Crippen molar-refractivity contribution in [1.29, 1.82) is 0 Å². The van der Waals surface area contributed by atoms with Crippen LogP contribution in [-0.4, -0.2) is 39.4 Å². The summed E-state index contributed by atoms with van der Waals surface area (Å²) in [7, 11) is 0. The SMILES string of the molecule is O=C(COc1ccc(C(F)(F)F)nc1)N[C@H]1CC[C@H](C(=O)NCc2nc3cc(Cl)ccc3[nH]2)CC1. The molecule has 0 radical (unpaired) electrons. The van der Waals surface area contributed by atoms with Gasteiger partial charge in [0, 0.05) is 17.0 Å². The Hall–Kier alpha value is -3.34. The molecule has 4 rings (SSSR count). The number of hydrogen-bond donors (Lipinski definition) is 3. The number of pyridine rings is 1. The molecule has 1 saturated carbocycles. The smallest absolute Gasteiger partial charge is 0.433 e. The first-order valence-corrected chi connectivity index (χ1v) is 11.4. The van der Waals surface area contributed by atoms with Crippen LogP contribution in [0.25, 0.3) is 11.0 Å². The van der Waals surface area contributed by atoms with Crippen molar-refractivity contribution in [1.82, 2.24) is 25.6 Å². The van der Waals surface area contributed by atoms with E-state index in [1.807, 2.05) is 6.07 Å². The fourth-order valence-corrected chi connectivity index (χ4v) is 4.15. The molecule has 1 aromatic carbocycles. The van der Waals surface area contributed by atoms with E-state index in [4.69, 9.17) is 16.3 Å². The van der Waals surface area contributed by atoms with Gasteiger partial charge in [-0.05, 0) is 56.0 Å². The number of aromatic nitrogens is 3. The van der Waals surface area contributed by atoms with Crippen molar-refractivity contribution in [3.63, 3.8) is 0 Å². The molecule has 1 aliphatic rings. The number of halogens is 4. The molecule has 2 aromatic heterocycles. The van der Waals surface area contributed by atoms with E-state index in [1.54, 1.807) is 12.1 Å². The standard InChI is InChI=1S/C23H23ClF3N5O3/c24-14-3-7-17-18(9-14)32-20(31-17)11-29-22(34)13-1-4-15(5-2-13)30-21(33)12-35-16-6-8-19(28-10-16)23(25,26)27/h3,6-10,13,15H,1-2,4-5,11-12H2,(H,29,34)(H,30,33)(H,31,32)/t13-,15-. The zero-order valence-corrected chi connectivity index (χ0v) is 19.2. The third-order valence-corrected chi connectivity index (χ3v) is 6.02. The molecular formula is C23H23ClF3N5O3. The van der Waals surface area contributed by atoms with E-state index < -0.39 is 11.9 Å². The largest absolute Gasteiger partial charge is 0.482 e. The minimum Gasteiger partial charge on any atom is -0.482 e. The summed E-state index contributed by atoms with van der Waals surface area (Å²) in [6.07, 6.45) is -1.09. The molecule has 12 heteroatoms. The number of nitrogens with zero attached hydrogens (tertiary/aromatic N) is 2. The Labute approximate surface area is 203 Å². The average Bonchev–Trinajstić information content (AvgIpc) is 3.23. The fourth-order valence-electron chi connectivity index (χ4n) is 3.98. The fraction of sp³-hybridized carbons (Fsp3) is 0.391. The summed E-state index contributed by atoms with van der Waals surface area (Å²) in [6.45, 7) is -0.0614.